The quantitative estimate of drug-likeness (QED) is 0.163. The van der Waals surface area contributed by atoms with Crippen LogP contribution in [-0.2, 0) is 0 Å². The van der Waals surface area contributed by atoms with Crippen molar-refractivity contribution < 1.29 is 4.42 Å². The predicted octanol–water partition coefficient (Wildman–Crippen LogP) is 15.2. The smallest absolute Gasteiger partial charge is 0.135 e. The maximum Gasteiger partial charge on any atom is 0.135 e. The lowest BCUT2D eigenvalue weighted by molar-refractivity contribution is 0.669. The summed E-state index contributed by atoms with van der Waals surface area (Å²) in [5, 5.41) is 4.62. The third-order valence-corrected chi connectivity index (χ3v) is 11.2. The van der Waals surface area contributed by atoms with Crippen molar-refractivity contribution in [1.29, 1.82) is 0 Å². The molecule has 0 amide bonds. The average molecular weight is 729 g/mol. The van der Waals surface area contributed by atoms with E-state index in [0.29, 0.717) is 0 Å². The van der Waals surface area contributed by atoms with Gasteiger partial charge in [-0.1, -0.05) is 158 Å². The van der Waals surface area contributed by atoms with Crippen LogP contribution in [0.15, 0.2) is 223 Å². The molecule has 268 valence electrons. The fourth-order valence-corrected chi connectivity index (χ4v) is 8.62. The van der Waals surface area contributed by atoms with E-state index in [2.05, 4.69) is 216 Å². The zero-order valence-electron chi connectivity index (χ0n) is 31.1. The van der Waals surface area contributed by atoms with Crippen LogP contribution in [0.3, 0.4) is 0 Å². The SMILES string of the molecule is c1ccc(-c2ccc(-c3ccccc3N(c3ccccc3-c3ccc4oc5ccccc5c4c3)c3cccc4c3c3ccccc3n4-c3ccccc3)cc2)cc1. The van der Waals surface area contributed by atoms with Crippen LogP contribution < -0.4 is 4.90 Å². The van der Waals surface area contributed by atoms with E-state index in [1.54, 1.807) is 0 Å². The third kappa shape index (κ3) is 5.51. The summed E-state index contributed by atoms with van der Waals surface area (Å²) in [6, 6.07) is 78.3. The Morgan fingerprint density at radius 2 is 0.860 bits per heavy atom. The molecule has 2 aromatic heterocycles. The van der Waals surface area contributed by atoms with Crippen LogP contribution in [-0.4, -0.2) is 4.57 Å². The Balaban J connectivity index is 1.19. The van der Waals surface area contributed by atoms with E-state index < -0.39 is 0 Å². The summed E-state index contributed by atoms with van der Waals surface area (Å²) in [6.45, 7) is 0. The van der Waals surface area contributed by atoms with Crippen LogP contribution in [0.1, 0.15) is 0 Å². The van der Waals surface area contributed by atoms with Crippen molar-refractivity contribution in [1.82, 2.24) is 4.57 Å². The molecule has 3 heteroatoms. The predicted molar refractivity (Wildman–Crippen MR) is 239 cm³/mol. The molecule has 0 spiro atoms. The second kappa shape index (κ2) is 13.6. The third-order valence-electron chi connectivity index (χ3n) is 11.2. The number of anilines is 3. The van der Waals surface area contributed by atoms with E-state index in [1.807, 2.05) is 12.1 Å². The van der Waals surface area contributed by atoms with Gasteiger partial charge in [0.15, 0.2) is 0 Å². The molecule has 0 aliphatic heterocycles. The van der Waals surface area contributed by atoms with E-state index >= 15 is 0 Å². The molecule has 0 radical (unpaired) electrons. The molecule has 0 fully saturated rings. The molecular formula is C54H36N2O. The molecule has 0 saturated heterocycles. The number of para-hydroxylation sites is 5. The number of furan rings is 1. The van der Waals surface area contributed by atoms with Crippen LogP contribution in [0.4, 0.5) is 17.1 Å². The van der Waals surface area contributed by atoms with Gasteiger partial charge in [0.25, 0.3) is 0 Å². The second-order valence-electron chi connectivity index (χ2n) is 14.5. The maximum atomic E-state index is 6.28. The fraction of sp³-hybridized carbons (Fsp3) is 0. The Kier molecular flexibility index (Phi) is 7.82. The highest BCUT2D eigenvalue weighted by Gasteiger charge is 2.25. The second-order valence-corrected chi connectivity index (χ2v) is 14.5. The average Bonchev–Trinajstić information content (AvgIpc) is 3.83. The zero-order chi connectivity index (χ0) is 37.7. The number of rotatable bonds is 7. The highest BCUT2D eigenvalue weighted by molar-refractivity contribution is 6.17. The number of benzene rings is 9. The van der Waals surface area contributed by atoms with Crippen molar-refractivity contribution in [2.24, 2.45) is 0 Å². The Morgan fingerprint density at radius 3 is 1.63 bits per heavy atom. The monoisotopic (exact) mass is 728 g/mol. The molecular weight excluding hydrogens is 693 g/mol. The van der Waals surface area contributed by atoms with Crippen molar-refractivity contribution in [3.63, 3.8) is 0 Å². The van der Waals surface area contributed by atoms with E-state index in [0.717, 1.165) is 72.5 Å². The molecule has 0 saturated carbocycles. The molecule has 2 heterocycles. The van der Waals surface area contributed by atoms with Crippen LogP contribution in [0.25, 0.3) is 82.8 Å². The molecule has 0 unspecified atom stereocenters. The molecule has 3 nitrogen and oxygen atoms in total. The van der Waals surface area contributed by atoms with Crippen molar-refractivity contribution in [2.45, 2.75) is 0 Å². The summed E-state index contributed by atoms with van der Waals surface area (Å²) < 4.78 is 8.67. The molecule has 9 aromatic carbocycles. The van der Waals surface area contributed by atoms with Crippen LogP contribution in [0, 0.1) is 0 Å². The van der Waals surface area contributed by atoms with Gasteiger partial charge in [-0.15, -0.1) is 0 Å². The van der Waals surface area contributed by atoms with E-state index in [1.165, 1.54) is 27.4 Å². The Labute approximate surface area is 330 Å². The topological polar surface area (TPSA) is 21.3 Å². The Morgan fingerprint density at radius 1 is 0.333 bits per heavy atom. The van der Waals surface area contributed by atoms with Crippen molar-refractivity contribution >= 4 is 60.8 Å². The van der Waals surface area contributed by atoms with Gasteiger partial charge in [0.1, 0.15) is 11.2 Å². The molecule has 11 rings (SSSR count). The maximum absolute atomic E-state index is 6.28. The van der Waals surface area contributed by atoms with Gasteiger partial charge in [-0.25, -0.2) is 0 Å². The summed E-state index contributed by atoms with van der Waals surface area (Å²) in [6.07, 6.45) is 0. The van der Waals surface area contributed by atoms with Gasteiger partial charge >= 0.3 is 0 Å². The number of aromatic nitrogens is 1. The lowest BCUT2D eigenvalue weighted by Crippen LogP contribution is -2.13. The van der Waals surface area contributed by atoms with E-state index in [-0.39, 0.29) is 0 Å². The largest absolute Gasteiger partial charge is 0.456 e. The first-order valence-corrected chi connectivity index (χ1v) is 19.4. The molecule has 0 atom stereocenters. The van der Waals surface area contributed by atoms with Gasteiger partial charge in [-0.05, 0) is 82.9 Å². The molecule has 0 aliphatic carbocycles. The highest BCUT2D eigenvalue weighted by Crippen LogP contribution is 2.49. The highest BCUT2D eigenvalue weighted by atomic mass is 16.3. The number of hydrogen-bond acceptors (Lipinski definition) is 2. The summed E-state index contributed by atoms with van der Waals surface area (Å²) >= 11 is 0. The van der Waals surface area contributed by atoms with Gasteiger partial charge in [0.05, 0.1) is 28.1 Å². The zero-order valence-corrected chi connectivity index (χ0v) is 31.1. The van der Waals surface area contributed by atoms with Crippen molar-refractivity contribution in [2.75, 3.05) is 4.90 Å². The number of fused-ring (bicyclic) bond motifs is 6. The number of nitrogens with zero attached hydrogens (tertiary/aromatic N) is 2. The first-order chi connectivity index (χ1) is 28.3. The lowest BCUT2D eigenvalue weighted by Gasteiger charge is -2.30. The molecule has 11 aromatic rings. The van der Waals surface area contributed by atoms with Crippen LogP contribution >= 0.6 is 0 Å². The Hall–Kier alpha value is -7.62. The van der Waals surface area contributed by atoms with Crippen LogP contribution in [0.5, 0.6) is 0 Å². The summed E-state index contributed by atoms with van der Waals surface area (Å²) in [7, 11) is 0. The molecule has 0 aliphatic rings. The summed E-state index contributed by atoms with van der Waals surface area (Å²) in [4.78, 5) is 2.48. The fourth-order valence-electron chi connectivity index (χ4n) is 8.62. The molecule has 0 bridgehead atoms. The van der Waals surface area contributed by atoms with Gasteiger partial charge in [0.2, 0.25) is 0 Å². The minimum atomic E-state index is 0.886. The minimum Gasteiger partial charge on any atom is -0.456 e. The summed E-state index contributed by atoms with van der Waals surface area (Å²) in [5.74, 6) is 0. The molecule has 57 heavy (non-hydrogen) atoms. The lowest BCUT2D eigenvalue weighted by atomic mass is 9.96. The first kappa shape index (κ1) is 32.8. The van der Waals surface area contributed by atoms with Gasteiger partial charge < -0.3 is 13.9 Å². The number of hydrogen-bond donors (Lipinski definition) is 0. The Bertz CT molecular complexity index is 3230. The van der Waals surface area contributed by atoms with Gasteiger partial charge in [-0.3, -0.25) is 0 Å². The minimum absolute atomic E-state index is 0.886. The van der Waals surface area contributed by atoms with Crippen molar-refractivity contribution in [3.05, 3.63) is 218 Å². The standard InChI is InChI=1S/C54H36N2O/c1-3-16-37(17-4-1)38-30-32-39(33-31-38)42-20-7-11-24-47(42)56(48-25-12-8-21-43(48)40-34-35-53-46(36-40)44-22-10-14-29-52(44)57-53)51-28-15-27-50-54(51)45-23-9-13-26-49(45)55(50)41-18-5-2-6-19-41/h1-36H. The van der Waals surface area contributed by atoms with E-state index in [4.69, 9.17) is 4.42 Å². The van der Waals surface area contributed by atoms with E-state index in [9.17, 15) is 0 Å². The summed E-state index contributed by atoms with van der Waals surface area (Å²) in [5.41, 5.74) is 15.5. The normalized spacial score (nSPS) is 11.5. The first-order valence-electron chi connectivity index (χ1n) is 19.4. The van der Waals surface area contributed by atoms with Crippen molar-refractivity contribution in [3.8, 4) is 39.1 Å². The van der Waals surface area contributed by atoms with Crippen LogP contribution in [0.2, 0.25) is 0 Å². The van der Waals surface area contributed by atoms with Gasteiger partial charge in [-0.2, -0.15) is 0 Å². The molecule has 0 N–H and O–H groups in total. The van der Waals surface area contributed by atoms with Gasteiger partial charge in [0, 0.05) is 38.4 Å².